The molecule has 0 fully saturated rings. The van der Waals surface area contributed by atoms with E-state index in [1.54, 1.807) is 10.8 Å². The molecule has 2 aromatic rings. The van der Waals surface area contributed by atoms with Crippen LogP contribution in [-0.4, -0.2) is 14.6 Å². The van der Waals surface area contributed by atoms with E-state index in [0.717, 1.165) is 5.65 Å². The van der Waals surface area contributed by atoms with E-state index in [4.69, 9.17) is 0 Å². The van der Waals surface area contributed by atoms with Crippen LogP contribution in [0.5, 0.6) is 0 Å². The van der Waals surface area contributed by atoms with Crippen molar-refractivity contribution in [3.8, 4) is 0 Å². The standard InChI is InChI=1S/C8H9N3/c1-6-3-7(2)8-9-5-10-11(8)4-6/h3-5H,1-2H3. The van der Waals surface area contributed by atoms with Crippen LogP contribution in [0.25, 0.3) is 5.65 Å². The molecular weight excluding hydrogens is 138 g/mol. The second-order valence-corrected chi connectivity index (χ2v) is 2.73. The number of fused-ring (bicyclic) bond motifs is 1. The third-order valence-corrected chi connectivity index (χ3v) is 1.70. The highest BCUT2D eigenvalue weighted by Gasteiger charge is 1.98. The van der Waals surface area contributed by atoms with E-state index in [0.29, 0.717) is 0 Å². The Morgan fingerprint density at radius 3 is 3.00 bits per heavy atom. The summed E-state index contributed by atoms with van der Waals surface area (Å²) in [5.74, 6) is 0. The van der Waals surface area contributed by atoms with Gasteiger partial charge in [-0.05, 0) is 25.0 Å². The summed E-state index contributed by atoms with van der Waals surface area (Å²) >= 11 is 0. The largest absolute Gasteiger partial charge is 0.221 e. The topological polar surface area (TPSA) is 30.2 Å². The molecule has 0 saturated carbocycles. The first kappa shape index (κ1) is 6.34. The molecule has 2 rings (SSSR count). The summed E-state index contributed by atoms with van der Waals surface area (Å²) < 4.78 is 1.80. The van der Waals surface area contributed by atoms with Gasteiger partial charge >= 0.3 is 0 Å². The van der Waals surface area contributed by atoms with Gasteiger partial charge in [0.15, 0.2) is 5.65 Å². The zero-order chi connectivity index (χ0) is 7.84. The van der Waals surface area contributed by atoms with Gasteiger partial charge in [-0.3, -0.25) is 0 Å². The minimum atomic E-state index is 0.940. The molecule has 56 valence electrons. The second-order valence-electron chi connectivity index (χ2n) is 2.73. The maximum atomic E-state index is 4.11. The number of hydrogen-bond donors (Lipinski definition) is 0. The van der Waals surface area contributed by atoms with Crippen molar-refractivity contribution >= 4 is 5.65 Å². The maximum Gasteiger partial charge on any atom is 0.158 e. The van der Waals surface area contributed by atoms with Gasteiger partial charge in [-0.25, -0.2) is 9.50 Å². The van der Waals surface area contributed by atoms with Gasteiger partial charge in [0.05, 0.1) is 0 Å². The van der Waals surface area contributed by atoms with Gasteiger partial charge < -0.3 is 0 Å². The van der Waals surface area contributed by atoms with Crippen molar-refractivity contribution < 1.29 is 0 Å². The molecule has 0 saturated heterocycles. The van der Waals surface area contributed by atoms with Crippen LogP contribution in [0.3, 0.4) is 0 Å². The van der Waals surface area contributed by atoms with E-state index < -0.39 is 0 Å². The Labute approximate surface area is 64.7 Å². The lowest BCUT2D eigenvalue weighted by Gasteiger charge is -1.97. The fourth-order valence-corrected chi connectivity index (χ4v) is 1.26. The Morgan fingerprint density at radius 1 is 1.36 bits per heavy atom. The van der Waals surface area contributed by atoms with E-state index in [1.165, 1.54) is 11.1 Å². The molecule has 0 unspecified atom stereocenters. The maximum absolute atomic E-state index is 4.11. The third-order valence-electron chi connectivity index (χ3n) is 1.70. The van der Waals surface area contributed by atoms with E-state index in [-0.39, 0.29) is 0 Å². The molecule has 11 heavy (non-hydrogen) atoms. The quantitative estimate of drug-likeness (QED) is 0.563. The SMILES string of the molecule is Cc1cc(C)c2ncnn2c1. The molecule has 0 aromatic carbocycles. The Balaban J connectivity index is 2.91. The van der Waals surface area contributed by atoms with E-state index in [1.807, 2.05) is 20.0 Å². The van der Waals surface area contributed by atoms with Crippen LogP contribution >= 0.6 is 0 Å². The van der Waals surface area contributed by atoms with Crippen molar-refractivity contribution in [1.82, 2.24) is 14.6 Å². The lowest BCUT2D eigenvalue weighted by Crippen LogP contribution is -1.90. The van der Waals surface area contributed by atoms with Gasteiger partial charge in [0.25, 0.3) is 0 Å². The van der Waals surface area contributed by atoms with Crippen LogP contribution in [-0.2, 0) is 0 Å². The van der Waals surface area contributed by atoms with Crippen LogP contribution in [0.15, 0.2) is 18.6 Å². The van der Waals surface area contributed by atoms with Gasteiger partial charge in [0.1, 0.15) is 6.33 Å². The average molecular weight is 147 g/mol. The number of pyridine rings is 1. The number of aryl methyl sites for hydroxylation is 2. The van der Waals surface area contributed by atoms with E-state index >= 15 is 0 Å². The Kier molecular flexibility index (Phi) is 1.18. The molecule has 3 nitrogen and oxygen atoms in total. The fraction of sp³-hybridized carbons (Fsp3) is 0.250. The second kappa shape index (κ2) is 2.05. The summed E-state index contributed by atoms with van der Waals surface area (Å²) in [6.45, 7) is 4.09. The molecule has 0 aliphatic heterocycles. The van der Waals surface area contributed by atoms with Gasteiger partial charge in [0.2, 0.25) is 0 Å². The van der Waals surface area contributed by atoms with Crippen molar-refractivity contribution in [2.75, 3.05) is 0 Å². The van der Waals surface area contributed by atoms with Crippen molar-refractivity contribution in [1.29, 1.82) is 0 Å². The average Bonchev–Trinajstić information content (AvgIpc) is 2.34. The van der Waals surface area contributed by atoms with Gasteiger partial charge in [-0.1, -0.05) is 6.07 Å². The smallest absolute Gasteiger partial charge is 0.158 e. The highest BCUT2D eigenvalue weighted by Crippen LogP contribution is 2.07. The molecule has 0 radical (unpaired) electrons. The molecule has 0 N–H and O–H groups in total. The van der Waals surface area contributed by atoms with Gasteiger partial charge in [0, 0.05) is 6.20 Å². The number of rotatable bonds is 0. The summed E-state index contributed by atoms with van der Waals surface area (Å²) in [6.07, 6.45) is 3.54. The number of aromatic nitrogens is 3. The lowest BCUT2D eigenvalue weighted by atomic mass is 10.2. The highest BCUT2D eigenvalue weighted by molar-refractivity contribution is 5.46. The molecule has 0 bridgehead atoms. The minimum absolute atomic E-state index is 0.940. The molecule has 2 heterocycles. The number of hydrogen-bond acceptors (Lipinski definition) is 2. The fourth-order valence-electron chi connectivity index (χ4n) is 1.26. The predicted molar refractivity (Wildman–Crippen MR) is 42.5 cm³/mol. The van der Waals surface area contributed by atoms with Crippen LogP contribution in [0.1, 0.15) is 11.1 Å². The van der Waals surface area contributed by atoms with Gasteiger partial charge in [-0.15, -0.1) is 0 Å². The first-order chi connectivity index (χ1) is 5.27. The zero-order valence-electron chi connectivity index (χ0n) is 6.57. The zero-order valence-corrected chi connectivity index (χ0v) is 6.57. The first-order valence-corrected chi connectivity index (χ1v) is 3.54. The summed E-state index contributed by atoms with van der Waals surface area (Å²) in [4.78, 5) is 4.11. The molecule has 0 aliphatic carbocycles. The molecule has 0 aliphatic rings. The Bertz CT molecular complexity index is 389. The molecule has 0 atom stereocenters. The lowest BCUT2D eigenvalue weighted by molar-refractivity contribution is 0.946. The minimum Gasteiger partial charge on any atom is -0.221 e. The molecule has 3 heteroatoms. The van der Waals surface area contributed by atoms with Crippen molar-refractivity contribution in [2.45, 2.75) is 13.8 Å². The predicted octanol–water partition coefficient (Wildman–Crippen LogP) is 1.35. The van der Waals surface area contributed by atoms with Crippen molar-refractivity contribution in [2.24, 2.45) is 0 Å². The van der Waals surface area contributed by atoms with E-state index in [2.05, 4.69) is 16.1 Å². The molecule has 2 aromatic heterocycles. The van der Waals surface area contributed by atoms with E-state index in [9.17, 15) is 0 Å². The molecule has 0 amide bonds. The van der Waals surface area contributed by atoms with Crippen molar-refractivity contribution in [3.05, 3.63) is 29.7 Å². The number of nitrogens with zero attached hydrogens (tertiary/aromatic N) is 3. The first-order valence-electron chi connectivity index (χ1n) is 3.54. The van der Waals surface area contributed by atoms with Crippen molar-refractivity contribution in [3.63, 3.8) is 0 Å². The summed E-state index contributed by atoms with van der Waals surface area (Å²) in [5.41, 5.74) is 3.32. The summed E-state index contributed by atoms with van der Waals surface area (Å²) in [7, 11) is 0. The highest BCUT2D eigenvalue weighted by atomic mass is 15.3. The van der Waals surface area contributed by atoms with Crippen LogP contribution in [0.2, 0.25) is 0 Å². The molecule has 0 spiro atoms. The summed E-state index contributed by atoms with van der Waals surface area (Å²) in [5, 5.41) is 4.05. The normalized spacial score (nSPS) is 10.7. The monoisotopic (exact) mass is 147 g/mol. The van der Waals surface area contributed by atoms with Crippen LogP contribution in [0.4, 0.5) is 0 Å². The van der Waals surface area contributed by atoms with Crippen LogP contribution < -0.4 is 0 Å². The van der Waals surface area contributed by atoms with Gasteiger partial charge in [-0.2, -0.15) is 5.10 Å². The summed E-state index contributed by atoms with van der Waals surface area (Å²) in [6, 6.07) is 2.10. The Morgan fingerprint density at radius 2 is 2.18 bits per heavy atom. The molecular formula is C8H9N3. The Hall–Kier alpha value is -1.38. The van der Waals surface area contributed by atoms with Crippen LogP contribution in [0, 0.1) is 13.8 Å². The third kappa shape index (κ3) is 0.888.